The van der Waals surface area contributed by atoms with Crippen molar-refractivity contribution in [2.75, 3.05) is 7.05 Å². The molecule has 0 aliphatic carbocycles. The van der Waals surface area contributed by atoms with Crippen LogP contribution >= 0.6 is 0 Å². The smallest absolute Gasteiger partial charge is 0.165 e. The zero-order valence-corrected chi connectivity index (χ0v) is 12.2. The molecule has 0 aliphatic heterocycles. The molecule has 1 N–H and O–H groups in total. The number of benzene rings is 2. The van der Waals surface area contributed by atoms with Gasteiger partial charge in [-0.3, -0.25) is 0 Å². The summed E-state index contributed by atoms with van der Waals surface area (Å²) in [7, 11) is 1.89. The molecule has 1 atom stereocenters. The van der Waals surface area contributed by atoms with E-state index in [9.17, 15) is 8.78 Å². The monoisotopic (exact) mass is 291 g/mol. The molecule has 0 saturated heterocycles. The quantitative estimate of drug-likeness (QED) is 0.860. The zero-order valence-electron chi connectivity index (χ0n) is 12.2. The Kier molecular flexibility index (Phi) is 5.28. The number of ether oxygens (including phenoxy) is 1. The highest BCUT2D eigenvalue weighted by Crippen LogP contribution is 2.27. The second-order valence-corrected chi connectivity index (χ2v) is 4.79. The van der Waals surface area contributed by atoms with E-state index in [1.807, 2.05) is 31.3 Å². The molecule has 0 radical (unpaired) electrons. The van der Waals surface area contributed by atoms with Crippen molar-refractivity contribution in [2.45, 2.75) is 26.0 Å². The van der Waals surface area contributed by atoms with Gasteiger partial charge in [-0.2, -0.15) is 0 Å². The summed E-state index contributed by atoms with van der Waals surface area (Å²) in [5.74, 6) is -1.02. The first-order valence-corrected chi connectivity index (χ1v) is 6.99. The van der Waals surface area contributed by atoms with Gasteiger partial charge in [0.05, 0.1) is 0 Å². The molecule has 0 bridgehead atoms. The van der Waals surface area contributed by atoms with E-state index in [0.717, 1.165) is 18.1 Å². The van der Waals surface area contributed by atoms with Crippen molar-refractivity contribution in [1.29, 1.82) is 0 Å². The Hall–Kier alpha value is -1.94. The molecule has 2 aromatic carbocycles. The highest BCUT2D eigenvalue weighted by molar-refractivity contribution is 5.36. The lowest BCUT2D eigenvalue weighted by molar-refractivity contribution is 0.290. The van der Waals surface area contributed by atoms with Gasteiger partial charge in [0.1, 0.15) is 12.4 Å². The Balaban J connectivity index is 2.18. The van der Waals surface area contributed by atoms with Gasteiger partial charge in [0, 0.05) is 17.2 Å². The number of para-hydroxylation sites is 1. The lowest BCUT2D eigenvalue weighted by Gasteiger charge is -2.19. The van der Waals surface area contributed by atoms with Crippen LogP contribution < -0.4 is 10.1 Å². The second kappa shape index (κ2) is 7.18. The minimum absolute atomic E-state index is 0.000749. The molecule has 0 saturated carbocycles. The van der Waals surface area contributed by atoms with Gasteiger partial charge in [-0.25, -0.2) is 8.78 Å². The molecule has 0 spiro atoms. The van der Waals surface area contributed by atoms with E-state index in [1.165, 1.54) is 12.1 Å². The summed E-state index contributed by atoms with van der Waals surface area (Å²) >= 11 is 0. The fraction of sp³-hybridized carbons (Fsp3) is 0.294. The van der Waals surface area contributed by atoms with Crippen LogP contribution in [-0.2, 0) is 6.61 Å². The molecule has 0 heterocycles. The summed E-state index contributed by atoms with van der Waals surface area (Å²) in [5.41, 5.74) is 1.22. The third-order valence-corrected chi connectivity index (χ3v) is 3.47. The molecular formula is C17H19F2NO. The van der Waals surface area contributed by atoms with Gasteiger partial charge in [-0.15, -0.1) is 0 Å². The molecule has 112 valence electrons. The fourth-order valence-corrected chi connectivity index (χ4v) is 2.29. The first-order chi connectivity index (χ1) is 10.2. The number of nitrogens with one attached hydrogen (secondary N) is 1. The maximum atomic E-state index is 13.6. The van der Waals surface area contributed by atoms with E-state index in [1.54, 1.807) is 0 Å². The topological polar surface area (TPSA) is 21.3 Å². The summed E-state index contributed by atoms with van der Waals surface area (Å²) in [6.07, 6.45) is 0.908. The van der Waals surface area contributed by atoms with Crippen LogP contribution in [0.25, 0.3) is 0 Å². The van der Waals surface area contributed by atoms with Gasteiger partial charge >= 0.3 is 0 Å². The molecule has 2 nitrogen and oxygen atoms in total. The van der Waals surface area contributed by atoms with Crippen LogP contribution in [0.1, 0.15) is 30.5 Å². The molecule has 2 rings (SSSR count). The number of rotatable bonds is 6. The molecule has 0 fully saturated rings. The molecule has 1 unspecified atom stereocenters. The van der Waals surface area contributed by atoms with Crippen molar-refractivity contribution < 1.29 is 13.5 Å². The molecule has 0 aliphatic rings. The molecular weight excluding hydrogens is 272 g/mol. The Bertz CT molecular complexity index is 597. The van der Waals surface area contributed by atoms with Crippen LogP contribution in [0.15, 0.2) is 42.5 Å². The maximum absolute atomic E-state index is 13.6. The Labute approximate surface area is 123 Å². The van der Waals surface area contributed by atoms with E-state index in [2.05, 4.69) is 12.2 Å². The van der Waals surface area contributed by atoms with Gasteiger partial charge in [0.2, 0.25) is 0 Å². The molecule has 0 aromatic heterocycles. The number of hydrogen-bond donors (Lipinski definition) is 1. The van der Waals surface area contributed by atoms with Gasteiger partial charge in [-0.05, 0) is 25.6 Å². The standard InChI is InChI=1S/C17H19F2NO/c1-3-15(20-2)13-8-4-5-10-16(13)21-11-12-7-6-9-14(18)17(12)19/h4-10,15,20H,3,11H2,1-2H3. The lowest BCUT2D eigenvalue weighted by atomic mass is 10.0. The largest absolute Gasteiger partial charge is 0.488 e. The predicted octanol–water partition coefficient (Wildman–Crippen LogP) is 4.21. The van der Waals surface area contributed by atoms with Crippen molar-refractivity contribution in [3.05, 3.63) is 65.2 Å². The Morgan fingerprint density at radius 2 is 1.86 bits per heavy atom. The van der Waals surface area contributed by atoms with Crippen molar-refractivity contribution in [3.8, 4) is 5.75 Å². The third-order valence-electron chi connectivity index (χ3n) is 3.47. The Morgan fingerprint density at radius 1 is 1.10 bits per heavy atom. The van der Waals surface area contributed by atoms with Crippen molar-refractivity contribution in [3.63, 3.8) is 0 Å². The minimum Gasteiger partial charge on any atom is -0.488 e. The van der Waals surface area contributed by atoms with Crippen LogP contribution in [0.4, 0.5) is 8.78 Å². The van der Waals surface area contributed by atoms with Crippen molar-refractivity contribution >= 4 is 0 Å². The van der Waals surface area contributed by atoms with Gasteiger partial charge in [0.25, 0.3) is 0 Å². The Morgan fingerprint density at radius 3 is 2.57 bits per heavy atom. The van der Waals surface area contributed by atoms with Gasteiger partial charge < -0.3 is 10.1 Å². The molecule has 4 heteroatoms. The number of hydrogen-bond acceptors (Lipinski definition) is 2. The summed E-state index contributed by atoms with van der Waals surface area (Å²) in [6, 6.07) is 11.9. The summed E-state index contributed by atoms with van der Waals surface area (Å²) < 4.78 is 32.5. The normalized spacial score (nSPS) is 12.2. The SMILES string of the molecule is CCC(NC)c1ccccc1OCc1cccc(F)c1F. The van der Waals surface area contributed by atoms with E-state index < -0.39 is 11.6 Å². The van der Waals surface area contributed by atoms with E-state index >= 15 is 0 Å². The first kappa shape index (κ1) is 15.4. The zero-order chi connectivity index (χ0) is 15.2. The first-order valence-electron chi connectivity index (χ1n) is 6.99. The number of halogens is 2. The van der Waals surface area contributed by atoms with Crippen LogP contribution in [0.5, 0.6) is 5.75 Å². The molecule has 2 aromatic rings. The van der Waals surface area contributed by atoms with Crippen LogP contribution in [-0.4, -0.2) is 7.05 Å². The minimum atomic E-state index is -0.856. The summed E-state index contributed by atoms with van der Waals surface area (Å²) in [5, 5.41) is 3.21. The van der Waals surface area contributed by atoms with E-state index in [0.29, 0.717) is 5.75 Å². The average molecular weight is 291 g/mol. The van der Waals surface area contributed by atoms with E-state index in [4.69, 9.17) is 4.74 Å². The van der Waals surface area contributed by atoms with Crippen molar-refractivity contribution in [1.82, 2.24) is 5.32 Å². The third kappa shape index (κ3) is 3.58. The fourth-order valence-electron chi connectivity index (χ4n) is 2.29. The molecule has 0 amide bonds. The van der Waals surface area contributed by atoms with Gasteiger partial charge in [0.15, 0.2) is 11.6 Å². The van der Waals surface area contributed by atoms with Crippen molar-refractivity contribution in [2.24, 2.45) is 0 Å². The average Bonchev–Trinajstić information content (AvgIpc) is 2.51. The maximum Gasteiger partial charge on any atom is 0.165 e. The molecule has 21 heavy (non-hydrogen) atoms. The predicted molar refractivity (Wildman–Crippen MR) is 79.2 cm³/mol. The highest BCUT2D eigenvalue weighted by Gasteiger charge is 2.13. The lowest BCUT2D eigenvalue weighted by Crippen LogP contribution is -2.16. The summed E-state index contributed by atoms with van der Waals surface area (Å²) in [4.78, 5) is 0. The van der Waals surface area contributed by atoms with Crippen LogP contribution in [0.2, 0.25) is 0 Å². The summed E-state index contributed by atoms with van der Waals surface area (Å²) in [6.45, 7) is 2.07. The van der Waals surface area contributed by atoms with Crippen LogP contribution in [0, 0.1) is 11.6 Å². The second-order valence-electron chi connectivity index (χ2n) is 4.79. The van der Waals surface area contributed by atoms with Crippen LogP contribution in [0.3, 0.4) is 0 Å². The van der Waals surface area contributed by atoms with E-state index in [-0.39, 0.29) is 18.2 Å². The highest BCUT2D eigenvalue weighted by atomic mass is 19.2. The van der Waals surface area contributed by atoms with Gasteiger partial charge in [-0.1, -0.05) is 37.3 Å².